The molecule has 1 aliphatic rings. The standard InChI is InChI=1S/C14H19NO3S/c1-19-12-4-2-3-11(13(12)14(16)17)15-7-8-18-9-10-5-6-10/h2-4,10,15H,5-9H2,1H3,(H,16,17). The number of nitrogens with one attached hydrogen (secondary N) is 1. The van der Waals surface area contributed by atoms with Crippen LogP contribution in [0, 0.1) is 5.92 Å². The van der Waals surface area contributed by atoms with Gasteiger partial charge in [-0.05, 0) is 37.1 Å². The SMILES string of the molecule is CSc1cccc(NCCOCC2CC2)c1C(=O)O. The third kappa shape index (κ3) is 4.14. The first-order chi connectivity index (χ1) is 9.22. The van der Waals surface area contributed by atoms with Crippen molar-refractivity contribution in [3.05, 3.63) is 23.8 Å². The van der Waals surface area contributed by atoms with E-state index in [1.165, 1.54) is 24.6 Å². The first-order valence-corrected chi connectivity index (χ1v) is 7.66. The van der Waals surface area contributed by atoms with Gasteiger partial charge in [-0.1, -0.05) is 6.07 Å². The lowest BCUT2D eigenvalue weighted by molar-refractivity contribution is 0.0694. The van der Waals surface area contributed by atoms with Gasteiger partial charge in [0, 0.05) is 23.7 Å². The minimum atomic E-state index is -0.897. The zero-order valence-electron chi connectivity index (χ0n) is 11.0. The molecule has 1 fully saturated rings. The summed E-state index contributed by atoms with van der Waals surface area (Å²) in [4.78, 5) is 12.1. The number of carboxylic acids is 1. The zero-order valence-corrected chi connectivity index (χ0v) is 11.8. The molecule has 104 valence electrons. The Morgan fingerprint density at radius 2 is 2.32 bits per heavy atom. The Labute approximate surface area is 117 Å². The van der Waals surface area contributed by atoms with E-state index in [-0.39, 0.29) is 0 Å². The number of carbonyl (C=O) groups is 1. The number of ether oxygens (including phenoxy) is 1. The summed E-state index contributed by atoms with van der Waals surface area (Å²) in [6.07, 6.45) is 4.45. The number of benzene rings is 1. The Morgan fingerprint density at radius 1 is 1.53 bits per heavy atom. The molecule has 2 rings (SSSR count). The van der Waals surface area contributed by atoms with Crippen molar-refractivity contribution in [2.45, 2.75) is 17.7 Å². The molecule has 0 unspecified atom stereocenters. The zero-order chi connectivity index (χ0) is 13.7. The minimum Gasteiger partial charge on any atom is -0.478 e. The van der Waals surface area contributed by atoms with Crippen LogP contribution in [0.1, 0.15) is 23.2 Å². The molecule has 0 heterocycles. The van der Waals surface area contributed by atoms with Crippen molar-refractivity contribution >= 4 is 23.4 Å². The first-order valence-electron chi connectivity index (χ1n) is 6.44. The van der Waals surface area contributed by atoms with Crippen LogP contribution >= 0.6 is 11.8 Å². The van der Waals surface area contributed by atoms with Gasteiger partial charge in [0.2, 0.25) is 0 Å². The van der Waals surface area contributed by atoms with Crippen LogP contribution in [0.2, 0.25) is 0 Å². The van der Waals surface area contributed by atoms with E-state index in [2.05, 4.69) is 5.32 Å². The van der Waals surface area contributed by atoms with Crippen molar-refractivity contribution in [3.63, 3.8) is 0 Å². The molecule has 1 saturated carbocycles. The average molecular weight is 281 g/mol. The van der Waals surface area contributed by atoms with Crippen LogP contribution in [0.15, 0.2) is 23.1 Å². The van der Waals surface area contributed by atoms with Crippen LogP contribution in [0.3, 0.4) is 0 Å². The molecule has 2 N–H and O–H groups in total. The van der Waals surface area contributed by atoms with Gasteiger partial charge in [0.15, 0.2) is 0 Å². The van der Waals surface area contributed by atoms with E-state index >= 15 is 0 Å². The molecular formula is C14H19NO3S. The minimum absolute atomic E-state index is 0.345. The third-order valence-corrected chi connectivity index (χ3v) is 3.85. The van der Waals surface area contributed by atoms with E-state index in [4.69, 9.17) is 4.74 Å². The Morgan fingerprint density at radius 3 is 2.95 bits per heavy atom. The van der Waals surface area contributed by atoms with Gasteiger partial charge in [0.05, 0.1) is 12.2 Å². The van der Waals surface area contributed by atoms with Crippen LogP contribution in [-0.2, 0) is 4.74 Å². The molecule has 1 aromatic rings. The molecule has 19 heavy (non-hydrogen) atoms. The Balaban J connectivity index is 1.88. The maximum absolute atomic E-state index is 11.3. The molecule has 5 heteroatoms. The maximum Gasteiger partial charge on any atom is 0.338 e. The quantitative estimate of drug-likeness (QED) is 0.567. The predicted octanol–water partition coefficient (Wildman–Crippen LogP) is 2.95. The molecule has 0 spiro atoms. The summed E-state index contributed by atoms with van der Waals surface area (Å²) in [6, 6.07) is 5.48. The number of hydrogen-bond acceptors (Lipinski definition) is 4. The highest BCUT2D eigenvalue weighted by molar-refractivity contribution is 7.98. The Kier molecular flexibility index (Phi) is 5.10. The van der Waals surface area contributed by atoms with E-state index < -0.39 is 5.97 Å². The van der Waals surface area contributed by atoms with Gasteiger partial charge in [-0.25, -0.2) is 4.79 Å². The van der Waals surface area contributed by atoms with Crippen molar-refractivity contribution in [2.24, 2.45) is 5.92 Å². The number of carboxylic acid groups (broad SMARTS) is 1. The Bertz CT molecular complexity index is 446. The summed E-state index contributed by atoms with van der Waals surface area (Å²) in [6.45, 7) is 2.07. The molecule has 0 aromatic heterocycles. The summed E-state index contributed by atoms with van der Waals surface area (Å²) >= 11 is 1.44. The summed E-state index contributed by atoms with van der Waals surface area (Å²) in [5.74, 6) is -0.138. The second-order valence-electron chi connectivity index (χ2n) is 4.63. The molecular weight excluding hydrogens is 262 g/mol. The molecule has 1 aliphatic carbocycles. The number of anilines is 1. The van der Waals surface area contributed by atoms with Gasteiger partial charge >= 0.3 is 5.97 Å². The van der Waals surface area contributed by atoms with Crippen molar-refractivity contribution in [3.8, 4) is 0 Å². The summed E-state index contributed by atoms with van der Waals surface area (Å²) in [7, 11) is 0. The fourth-order valence-electron chi connectivity index (χ4n) is 1.86. The molecule has 0 saturated heterocycles. The normalized spacial score (nSPS) is 14.4. The predicted molar refractivity (Wildman–Crippen MR) is 77.2 cm³/mol. The van der Waals surface area contributed by atoms with Gasteiger partial charge in [0.25, 0.3) is 0 Å². The highest BCUT2D eigenvalue weighted by Crippen LogP contribution is 2.29. The number of thioether (sulfide) groups is 1. The van der Waals surface area contributed by atoms with Crippen LogP contribution in [0.4, 0.5) is 5.69 Å². The lowest BCUT2D eigenvalue weighted by Gasteiger charge is -2.12. The molecule has 4 nitrogen and oxygen atoms in total. The van der Waals surface area contributed by atoms with Crippen LogP contribution < -0.4 is 5.32 Å². The van der Waals surface area contributed by atoms with Gasteiger partial charge in [-0.3, -0.25) is 0 Å². The van der Waals surface area contributed by atoms with Crippen molar-refractivity contribution < 1.29 is 14.6 Å². The molecule has 0 bridgehead atoms. The summed E-state index contributed by atoms with van der Waals surface area (Å²) in [5.41, 5.74) is 1.01. The summed E-state index contributed by atoms with van der Waals surface area (Å²) in [5, 5.41) is 12.4. The fourth-order valence-corrected chi connectivity index (χ4v) is 2.48. The average Bonchev–Trinajstić information content (AvgIpc) is 3.21. The van der Waals surface area contributed by atoms with Crippen molar-refractivity contribution in [1.82, 2.24) is 0 Å². The molecule has 1 aromatic carbocycles. The maximum atomic E-state index is 11.3. The topological polar surface area (TPSA) is 58.6 Å². The van der Waals surface area contributed by atoms with E-state index in [0.29, 0.717) is 24.4 Å². The Hall–Kier alpha value is -1.20. The van der Waals surface area contributed by atoms with Crippen LogP contribution in [0.25, 0.3) is 0 Å². The molecule has 0 atom stereocenters. The molecule has 0 amide bonds. The highest BCUT2D eigenvalue weighted by Gasteiger charge is 2.21. The van der Waals surface area contributed by atoms with Gasteiger partial charge in [0.1, 0.15) is 0 Å². The number of rotatable bonds is 8. The van der Waals surface area contributed by atoms with Crippen LogP contribution in [-0.4, -0.2) is 37.1 Å². The van der Waals surface area contributed by atoms with E-state index in [0.717, 1.165) is 17.4 Å². The fraction of sp³-hybridized carbons (Fsp3) is 0.500. The largest absolute Gasteiger partial charge is 0.478 e. The van der Waals surface area contributed by atoms with E-state index in [1.807, 2.05) is 18.4 Å². The number of hydrogen-bond donors (Lipinski definition) is 2. The van der Waals surface area contributed by atoms with Gasteiger partial charge in [-0.15, -0.1) is 11.8 Å². The second kappa shape index (κ2) is 6.82. The van der Waals surface area contributed by atoms with Gasteiger partial charge in [-0.2, -0.15) is 0 Å². The summed E-state index contributed by atoms with van der Waals surface area (Å²) < 4.78 is 5.52. The second-order valence-corrected chi connectivity index (χ2v) is 5.48. The molecule has 0 radical (unpaired) electrons. The van der Waals surface area contributed by atoms with E-state index in [9.17, 15) is 9.90 Å². The van der Waals surface area contributed by atoms with E-state index in [1.54, 1.807) is 6.07 Å². The van der Waals surface area contributed by atoms with Crippen molar-refractivity contribution in [2.75, 3.05) is 31.3 Å². The lowest BCUT2D eigenvalue weighted by Crippen LogP contribution is -2.13. The molecule has 0 aliphatic heterocycles. The smallest absolute Gasteiger partial charge is 0.338 e. The first kappa shape index (κ1) is 14.2. The number of aromatic carboxylic acids is 1. The van der Waals surface area contributed by atoms with Crippen molar-refractivity contribution in [1.29, 1.82) is 0 Å². The highest BCUT2D eigenvalue weighted by atomic mass is 32.2. The monoisotopic (exact) mass is 281 g/mol. The lowest BCUT2D eigenvalue weighted by atomic mass is 10.2. The third-order valence-electron chi connectivity index (χ3n) is 3.07. The van der Waals surface area contributed by atoms with Gasteiger partial charge < -0.3 is 15.2 Å². The van der Waals surface area contributed by atoms with Crippen LogP contribution in [0.5, 0.6) is 0 Å².